The van der Waals surface area contributed by atoms with E-state index < -0.39 is 12.1 Å². The highest BCUT2D eigenvalue weighted by Gasteiger charge is 2.34. The topological polar surface area (TPSA) is 57.6 Å². The number of amides is 1. The van der Waals surface area contributed by atoms with E-state index in [1.807, 2.05) is 6.07 Å². The van der Waals surface area contributed by atoms with Crippen LogP contribution in [0, 0.1) is 0 Å². The van der Waals surface area contributed by atoms with Crippen LogP contribution >= 0.6 is 0 Å². The highest BCUT2D eigenvalue weighted by Crippen LogP contribution is 2.21. The zero-order valence-corrected chi connectivity index (χ0v) is 8.80. The molecule has 0 unspecified atom stereocenters. The first-order valence-electron chi connectivity index (χ1n) is 5.29. The summed E-state index contributed by atoms with van der Waals surface area (Å²) < 4.78 is 0. The molecule has 1 N–H and O–H groups in total. The molecule has 0 bridgehead atoms. The first kappa shape index (κ1) is 10.7. The molecule has 1 atom stereocenters. The monoisotopic (exact) mass is 219 g/mol. The summed E-state index contributed by atoms with van der Waals surface area (Å²) in [6.07, 6.45) is 0.377. The molecule has 1 aromatic carbocycles. The quantitative estimate of drug-likeness (QED) is 0.774. The number of ketones is 1. The van der Waals surface area contributed by atoms with Crippen molar-refractivity contribution in [2.75, 3.05) is 6.54 Å². The van der Waals surface area contributed by atoms with E-state index in [1.165, 1.54) is 4.90 Å². The van der Waals surface area contributed by atoms with Crippen molar-refractivity contribution in [2.24, 2.45) is 0 Å². The van der Waals surface area contributed by atoms with Crippen LogP contribution in [0.2, 0.25) is 0 Å². The summed E-state index contributed by atoms with van der Waals surface area (Å²) in [6.45, 7) is 0.457. The second-order valence-corrected chi connectivity index (χ2v) is 3.86. The Kier molecular flexibility index (Phi) is 2.90. The Morgan fingerprint density at radius 1 is 1.25 bits per heavy atom. The molecule has 16 heavy (non-hydrogen) atoms. The average molecular weight is 219 g/mol. The normalized spacial score (nSPS) is 19.8. The molecule has 84 valence electrons. The number of hydrogen-bond acceptors (Lipinski definition) is 2. The standard InChI is InChI=1S/C12H13NO3/c14-11(9-5-2-1-3-6-9)10-7-4-8-13(10)12(15)16/h1-3,5-6,10H,4,7-8H2,(H,15,16)/t10-/m0/s1. The molecule has 1 fully saturated rings. The lowest BCUT2D eigenvalue weighted by Crippen LogP contribution is -2.39. The lowest BCUT2D eigenvalue weighted by molar-refractivity contribution is 0.0845. The summed E-state index contributed by atoms with van der Waals surface area (Å²) in [5.41, 5.74) is 0.584. The summed E-state index contributed by atoms with van der Waals surface area (Å²) in [7, 11) is 0. The van der Waals surface area contributed by atoms with Crippen molar-refractivity contribution in [1.29, 1.82) is 0 Å². The second-order valence-electron chi connectivity index (χ2n) is 3.86. The second kappa shape index (κ2) is 4.35. The average Bonchev–Trinajstić information content (AvgIpc) is 2.78. The third-order valence-electron chi connectivity index (χ3n) is 2.86. The van der Waals surface area contributed by atoms with Gasteiger partial charge >= 0.3 is 6.09 Å². The first-order chi connectivity index (χ1) is 7.70. The molecule has 4 nitrogen and oxygen atoms in total. The smallest absolute Gasteiger partial charge is 0.407 e. The van der Waals surface area contributed by atoms with Crippen LogP contribution in [0.1, 0.15) is 23.2 Å². The maximum absolute atomic E-state index is 12.1. The van der Waals surface area contributed by atoms with Crippen molar-refractivity contribution in [3.63, 3.8) is 0 Å². The minimum Gasteiger partial charge on any atom is -0.465 e. The summed E-state index contributed by atoms with van der Waals surface area (Å²) >= 11 is 0. The molecule has 0 spiro atoms. The largest absolute Gasteiger partial charge is 0.465 e. The maximum atomic E-state index is 12.1. The third kappa shape index (κ3) is 1.91. The Balaban J connectivity index is 2.19. The summed E-state index contributed by atoms with van der Waals surface area (Å²) in [5, 5.41) is 8.95. The Morgan fingerprint density at radius 2 is 1.94 bits per heavy atom. The highest BCUT2D eigenvalue weighted by atomic mass is 16.4. The fraction of sp³-hybridized carbons (Fsp3) is 0.333. The van der Waals surface area contributed by atoms with Gasteiger partial charge in [0.25, 0.3) is 0 Å². The molecule has 4 heteroatoms. The molecular weight excluding hydrogens is 206 g/mol. The van der Waals surface area contributed by atoms with Gasteiger partial charge in [-0.1, -0.05) is 30.3 Å². The fourth-order valence-electron chi connectivity index (χ4n) is 2.06. The number of likely N-dealkylation sites (tertiary alicyclic amines) is 1. The van der Waals surface area contributed by atoms with Gasteiger partial charge in [-0.05, 0) is 12.8 Å². The molecule has 0 saturated carbocycles. The van der Waals surface area contributed by atoms with Crippen LogP contribution in [0.15, 0.2) is 30.3 Å². The lowest BCUT2D eigenvalue weighted by Gasteiger charge is -2.20. The number of benzene rings is 1. The van der Waals surface area contributed by atoms with E-state index in [1.54, 1.807) is 24.3 Å². The van der Waals surface area contributed by atoms with Crippen LogP contribution < -0.4 is 0 Å². The maximum Gasteiger partial charge on any atom is 0.407 e. The number of carbonyl (C=O) groups is 2. The fourth-order valence-corrected chi connectivity index (χ4v) is 2.06. The van der Waals surface area contributed by atoms with Crippen LogP contribution in [0.5, 0.6) is 0 Å². The Morgan fingerprint density at radius 3 is 2.56 bits per heavy atom. The van der Waals surface area contributed by atoms with Crippen molar-refractivity contribution in [1.82, 2.24) is 4.90 Å². The Hall–Kier alpha value is -1.84. The van der Waals surface area contributed by atoms with E-state index in [9.17, 15) is 9.59 Å². The van der Waals surface area contributed by atoms with Gasteiger partial charge in [0.2, 0.25) is 0 Å². The van der Waals surface area contributed by atoms with Crippen molar-refractivity contribution >= 4 is 11.9 Å². The zero-order chi connectivity index (χ0) is 11.5. The van der Waals surface area contributed by atoms with E-state index in [4.69, 9.17) is 5.11 Å². The van der Waals surface area contributed by atoms with Crippen LogP contribution in [-0.2, 0) is 0 Å². The van der Waals surface area contributed by atoms with Crippen LogP contribution in [-0.4, -0.2) is 34.5 Å². The molecule has 1 aliphatic rings. The van der Waals surface area contributed by atoms with Gasteiger partial charge in [0.05, 0.1) is 6.04 Å². The van der Waals surface area contributed by atoms with Crippen molar-refractivity contribution in [3.8, 4) is 0 Å². The lowest BCUT2D eigenvalue weighted by atomic mass is 10.0. The SMILES string of the molecule is O=C(c1ccccc1)[C@@H]1CCCN1C(=O)O. The number of carbonyl (C=O) groups excluding carboxylic acids is 1. The van der Waals surface area contributed by atoms with Crippen LogP contribution in [0.25, 0.3) is 0 Å². The van der Waals surface area contributed by atoms with Gasteiger partial charge in [-0.2, -0.15) is 0 Å². The minimum atomic E-state index is -1.01. The number of Topliss-reactive ketones (excluding diaryl/α,β-unsaturated/α-hetero) is 1. The van der Waals surface area contributed by atoms with Crippen LogP contribution in [0.3, 0.4) is 0 Å². The molecule has 1 heterocycles. The Labute approximate surface area is 93.5 Å². The number of hydrogen-bond donors (Lipinski definition) is 1. The van der Waals surface area contributed by atoms with Crippen molar-refractivity contribution in [2.45, 2.75) is 18.9 Å². The molecular formula is C12H13NO3. The summed E-state index contributed by atoms with van der Waals surface area (Å²) in [5.74, 6) is -0.0968. The predicted molar refractivity (Wildman–Crippen MR) is 58.5 cm³/mol. The molecule has 0 aliphatic carbocycles. The van der Waals surface area contributed by atoms with Gasteiger partial charge < -0.3 is 5.11 Å². The first-order valence-corrected chi connectivity index (χ1v) is 5.29. The predicted octanol–water partition coefficient (Wildman–Crippen LogP) is 2.01. The van der Waals surface area contributed by atoms with E-state index in [-0.39, 0.29) is 5.78 Å². The van der Waals surface area contributed by atoms with Gasteiger partial charge in [0, 0.05) is 12.1 Å². The van der Waals surface area contributed by atoms with Crippen molar-refractivity contribution < 1.29 is 14.7 Å². The molecule has 1 amide bonds. The summed E-state index contributed by atoms with van der Waals surface area (Å²) in [4.78, 5) is 24.2. The molecule has 1 saturated heterocycles. The minimum absolute atomic E-state index is 0.0968. The van der Waals surface area contributed by atoms with Gasteiger partial charge in [-0.15, -0.1) is 0 Å². The van der Waals surface area contributed by atoms with E-state index in [0.29, 0.717) is 18.5 Å². The van der Waals surface area contributed by atoms with E-state index in [0.717, 1.165) is 6.42 Å². The highest BCUT2D eigenvalue weighted by molar-refractivity contribution is 6.01. The number of rotatable bonds is 2. The zero-order valence-electron chi connectivity index (χ0n) is 8.80. The van der Waals surface area contributed by atoms with Crippen molar-refractivity contribution in [3.05, 3.63) is 35.9 Å². The molecule has 0 radical (unpaired) electrons. The third-order valence-corrected chi connectivity index (χ3v) is 2.86. The number of nitrogens with zero attached hydrogens (tertiary/aromatic N) is 1. The van der Waals surface area contributed by atoms with Gasteiger partial charge in [-0.25, -0.2) is 4.79 Å². The van der Waals surface area contributed by atoms with Crippen LogP contribution in [0.4, 0.5) is 4.79 Å². The number of carboxylic acid groups (broad SMARTS) is 1. The van der Waals surface area contributed by atoms with Gasteiger partial charge in [0.1, 0.15) is 0 Å². The van der Waals surface area contributed by atoms with E-state index in [2.05, 4.69) is 0 Å². The summed E-state index contributed by atoms with van der Waals surface area (Å²) in [6, 6.07) is 8.35. The molecule has 2 rings (SSSR count). The molecule has 1 aromatic rings. The molecule has 1 aliphatic heterocycles. The van der Waals surface area contributed by atoms with Gasteiger partial charge in [-0.3, -0.25) is 9.69 Å². The van der Waals surface area contributed by atoms with Gasteiger partial charge in [0.15, 0.2) is 5.78 Å². The van der Waals surface area contributed by atoms with E-state index >= 15 is 0 Å². The molecule has 0 aromatic heterocycles. The Bertz CT molecular complexity index is 402.